The largest absolute Gasteiger partial charge is 0.573 e. The lowest BCUT2D eigenvalue weighted by Gasteiger charge is -2.11. The Labute approximate surface area is 124 Å². The predicted molar refractivity (Wildman–Crippen MR) is 73.3 cm³/mol. The molecule has 0 saturated carbocycles. The van der Waals surface area contributed by atoms with Crippen molar-refractivity contribution < 1.29 is 31.4 Å². The zero-order valence-electron chi connectivity index (χ0n) is 11.3. The number of sulfone groups is 1. The number of benzene rings is 2. The summed E-state index contributed by atoms with van der Waals surface area (Å²) in [6, 6.07) is 8.77. The fourth-order valence-electron chi connectivity index (χ4n) is 1.83. The molecule has 8 heteroatoms. The van der Waals surface area contributed by atoms with Gasteiger partial charge in [0.15, 0.2) is 9.84 Å². The van der Waals surface area contributed by atoms with Gasteiger partial charge in [-0.25, -0.2) is 8.42 Å². The molecule has 0 fully saturated rings. The number of hydrogen-bond acceptors (Lipinski definition) is 4. The summed E-state index contributed by atoms with van der Waals surface area (Å²) in [5.74, 6) is -0.949. The van der Waals surface area contributed by atoms with Crippen molar-refractivity contribution >= 4 is 9.84 Å². The van der Waals surface area contributed by atoms with Gasteiger partial charge in [-0.3, -0.25) is 0 Å². The van der Waals surface area contributed by atoms with E-state index in [-0.39, 0.29) is 10.5 Å². The molecule has 2 aromatic carbocycles. The molecular formula is C14H11F3O4S. The van der Waals surface area contributed by atoms with Gasteiger partial charge in [0.25, 0.3) is 0 Å². The Bertz CT molecular complexity index is 781. The summed E-state index contributed by atoms with van der Waals surface area (Å²) in [6.07, 6.45) is -3.78. The number of halogens is 3. The fraction of sp³-hybridized carbons (Fsp3) is 0.143. The molecular weight excluding hydrogens is 321 g/mol. The minimum Gasteiger partial charge on any atom is -0.507 e. The number of rotatable bonds is 3. The van der Waals surface area contributed by atoms with E-state index in [4.69, 9.17) is 0 Å². The van der Waals surface area contributed by atoms with E-state index in [1.165, 1.54) is 30.3 Å². The quantitative estimate of drug-likeness (QED) is 0.936. The second-order valence-corrected chi connectivity index (χ2v) is 6.54. The van der Waals surface area contributed by atoms with Crippen molar-refractivity contribution in [3.63, 3.8) is 0 Å². The minimum absolute atomic E-state index is 0.104. The second kappa shape index (κ2) is 5.53. The smallest absolute Gasteiger partial charge is 0.507 e. The van der Waals surface area contributed by atoms with Crippen molar-refractivity contribution in [3.8, 4) is 22.6 Å². The topological polar surface area (TPSA) is 63.6 Å². The minimum atomic E-state index is -4.84. The number of phenols is 1. The summed E-state index contributed by atoms with van der Waals surface area (Å²) >= 11 is 0. The molecule has 2 aromatic rings. The van der Waals surface area contributed by atoms with Crippen molar-refractivity contribution in [2.75, 3.05) is 6.26 Å². The Morgan fingerprint density at radius 2 is 1.64 bits per heavy atom. The van der Waals surface area contributed by atoms with E-state index in [1.807, 2.05) is 0 Å². The molecule has 4 nitrogen and oxygen atoms in total. The van der Waals surface area contributed by atoms with E-state index in [9.17, 15) is 26.7 Å². The Hall–Kier alpha value is -2.22. The van der Waals surface area contributed by atoms with Crippen molar-refractivity contribution in [2.45, 2.75) is 11.3 Å². The first-order chi connectivity index (χ1) is 10.1. The van der Waals surface area contributed by atoms with Crippen molar-refractivity contribution in [1.29, 1.82) is 0 Å². The fourth-order valence-corrected chi connectivity index (χ4v) is 2.46. The average Bonchev–Trinajstić information content (AvgIpc) is 2.36. The number of alkyl halides is 3. The summed E-state index contributed by atoms with van der Waals surface area (Å²) in [7, 11) is -3.35. The Morgan fingerprint density at radius 3 is 2.09 bits per heavy atom. The highest BCUT2D eigenvalue weighted by Crippen LogP contribution is 2.34. The van der Waals surface area contributed by atoms with E-state index in [0.29, 0.717) is 5.56 Å². The predicted octanol–water partition coefficient (Wildman–Crippen LogP) is 3.36. The summed E-state index contributed by atoms with van der Waals surface area (Å²) in [6.45, 7) is 0. The molecule has 2 rings (SSSR count). The molecule has 0 aliphatic carbocycles. The highest BCUT2D eigenvalue weighted by molar-refractivity contribution is 7.90. The maximum absolute atomic E-state index is 12.1. The SMILES string of the molecule is CS(=O)(=O)c1ccc(-c2ccc(OC(F)(F)F)cc2O)cc1. The molecule has 0 unspecified atom stereocenters. The highest BCUT2D eigenvalue weighted by atomic mass is 32.2. The molecule has 0 aliphatic heterocycles. The summed E-state index contributed by atoms with van der Waals surface area (Å²) in [5, 5.41) is 9.81. The first kappa shape index (κ1) is 16.2. The van der Waals surface area contributed by atoms with Gasteiger partial charge >= 0.3 is 6.36 Å². The monoisotopic (exact) mass is 332 g/mol. The lowest BCUT2D eigenvalue weighted by Crippen LogP contribution is -2.16. The van der Waals surface area contributed by atoms with Gasteiger partial charge < -0.3 is 9.84 Å². The second-order valence-electron chi connectivity index (χ2n) is 4.52. The van der Waals surface area contributed by atoms with Gasteiger partial charge in [0.2, 0.25) is 0 Å². The first-order valence-corrected chi connectivity index (χ1v) is 7.85. The Morgan fingerprint density at radius 1 is 1.05 bits per heavy atom. The van der Waals surface area contributed by atoms with Gasteiger partial charge in [-0.05, 0) is 29.8 Å². The molecule has 0 amide bonds. The molecule has 0 radical (unpaired) electrons. The highest BCUT2D eigenvalue weighted by Gasteiger charge is 2.31. The average molecular weight is 332 g/mol. The molecule has 0 saturated heterocycles. The molecule has 118 valence electrons. The summed E-state index contributed by atoms with van der Waals surface area (Å²) in [5.41, 5.74) is 0.720. The summed E-state index contributed by atoms with van der Waals surface area (Å²) < 4.78 is 62.7. The van der Waals surface area contributed by atoms with Crippen molar-refractivity contribution in [1.82, 2.24) is 0 Å². The third kappa shape index (κ3) is 3.91. The van der Waals surface area contributed by atoms with Crippen LogP contribution in [0.15, 0.2) is 47.4 Å². The molecule has 0 heterocycles. The number of phenolic OH excluding ortho intramolecular Hbond substituents is 1. The van der Waals surface area contributed by atoms with E-state index < -0.39 is 27.7 Å². The lowest BCUT2D eigenvalue weighted by atomic mass is 10.0. The van der Waals surface area contributed by atoms with Crippen LogP contribution in [0.3, 0.4) is 0 Å². The normalized spacial score (nSPS) is 12.2. The Kier molecular flexibility index (Phi) is 4.06. The zero-order chi connectivity index (χ0) is 16.5. The van der Waals surface area contributed by atoms with Crippen molar-refractivity contribution in [2.24, 2.45) is 0 Å². The van der Waals surface area contributed by atoms with Gasteiger partial charge in [0, 0.05) is 17.9 Å². The maximum Gasteiger partial charge on any atom is 0.573 e. The van der Waals surface area contributed by atoms with Crippen LogP contribution < -0.4 is 4.74 Å². The van der Waals surface area contributed by atoms with E-state index >= 15 is 0 Å². The van der Waals surface area contributed by atoms with Gasteiger partial charge in [0.1, 0.15) is 11.5 Å². The third-order valence-corrected chi connectivity index (χ3v) is 3.92. The molecule has 0 aliphatic rings. The molecule has 0 atom stereocenters. The van der Waals surface area contributed by atoms with Crippen LogP contribution >= 0.6 is 0 Å². The van der Waals surface area contributed by atoms with Gasteiger partial charge in [-0.15, -0.1) is 13.2 Å². The van der Waals surface area contributed by atoms with E-state index in [2.05, 4.69) is 4.74 Å². The van der Waals surface area contributed by atoms with E-state index in [1.54, 1.807) is 0 Å². The zero-order valence-corrected chi connectivity index (χ0v) is 12.1. The Balaban J connectivity index is 2.34. The molecule has 0 bridgehead atoms. The van der Waals surface area contributed by atoms with Crippen LogP contribution in [0.25, 0.3) is 11.1 Å². The number of ether oxygens (including phenoxy) is 1. The van der Waals surface area contributed by atoms with Gasteiger partial charge in [-0.1, -0.05) is 12.1 Å². The van der Waals surface area contributed by atoms with Crippen LogP contribution in [0, 0.1) is 0 Å². The van der Waals surface area contributed by atoms with Gasteiger partial charge in [0.05, 0.1) is 4.90 Å². The first-order valence-electron chi connectivity index (χ1n) is 5.95. The molecule has 0 aromatic heterocycles. The maximum atomic E-state index is 12.1. The lowest BCUT2D eigenvalue weighted by molar-refractivity contribution is -0.274. The standard InChI is InChI=1S/C14H11F3O4S/c1-22(19,20)11-5-2-9(3-6-11)12-7-4-10(8-13(12)18)21-14(15,16)17/h2-8,18H,1H3. The summed E-state index contributed by atoms with van der Waals surface area (Å²) in [4.78, 5) is 0.104. The third-order valence-electron chi connectivity index (χ3n) is 2.80. The van der Waals surface area contributed by atoms with Crippen LogP contribution in [0.5, 0.6) is 11.5 Å². The number of hydrogen-bond donors (Lipinski definition) is 1. The van der Waals surface area contributed by atoms with Crippen LogP contribution in [0.2, 0.25) is 0 Å². The van der Waals surface area contributed by atoms with Crippen LogP contribution in [-0.2, 0) is 9.84 Å². The van der Waals surface area contributed by atoms with Crippen molar-refractivity contribution in [3.05, 3.63) is 42.5 Å². The van der Waals surface area contributed by atoms with Crippen LogP contribution in [0.4, 0.5) is 13.2 Å². The molecule has 1 N–H and O–H groups in total. The molecule has 22 heavy (non-hydrogen) atoms. The molecule has 0 spiro atoms. The van der Waals surface area contributed by atoms with E-state index in [0.717, 1.165) is 18.4 Å². The van der Waals surface area contributed by atoms with Crippen LogP contribution in [0.1, 0.15) is 0 Å². The van der Waals surface area contributed by atoms with Crippen LogP contribution in [-0.4, -0.2) is 26.1 Å². The van der Waals surface area contributed by atoms with Gasteiger partial charge in [-0.2, -0.15) is 0 Å². The number of aromatic hydroxyl groups is 1.